The number of hydrogen-bond acceptors (Lipinski definition) is 6. The van der Waals surface area contributed by atoms with Gasteiger partial charge >= 0.3 is 0 Å². The van der Waals surface area contributed by atoms with Crippen molar-refractivity contribution in [2.45, 2.75) is 6.42 Å². The molecule has 2 N–H and O–H groups in total. The monoisotopic (exact) mass is 303 g/mol. The van der Waals surface area contributed by atoms with E-state index in [-0.39, 0.29) is 23.9 Å². The zero-order valence-electron chi connectivity index (χ0n) is 10.5. The van der Waals surface area contributed by atoms with Crippen LogP contribution in [0.15, 0.2) is 12.3 Å². The average molecular weight is 304 g/mol. The van der Waals surface area contributed by atoms with Crippen molar-refractivity contribution in [2.24, 2.45) is 0 Å². The SMILES string of the molecule is O=C(NCCCOCCO)c1cc(Cl)ncc1[N+](=O)[O-]. The van der Waals surface area contributed by atoms with Gasteiger partial charge in [0, 0.05) is 13.2 Å². The number of ether oxygens (including phenoxy) is 1. The van der Waals surface area contributed by atoms with Gasteiger partial charge in [-0.25, -0.2) is 4.98 Å². The number of amides is 1. The molecule has 0 saturated carbocycles. The van der Waals surface area contributed by atoms with Crippen LogP contribution < -0.4 is 5.32 Å². The first-order valence-electron chi connectivity index (χ1n) is 5.83. The number of aliphatic hydroxyl groups excluding tert-OH is 1. The third-order valence-corrected chi connectivity index (χ3v) is 2.48. The van der Waals surface area contributed by atoms with Crippen molar-refractivity contribution in [3.63, 3.8) is 0 Å². The number of nitro groups is 1. The summed E-state index contributed by atoms with van der Waals surface area (Å²) < 4.78 is 5.01. The summed E-state index contributed by atoms with van der Waals surface area (Å²) in [5.41, 5.74) is -0.533. The van der Waals surface area contributed by atoms with Gasteiger partial charge in [-0.1, -0.05) is 11.6 Å². The van der Waals surface area contributed by atoms with Crippen LogP contribution in [0.4, 0.5) is 5.69 Å². The van der Waals surface area contributed by atoms with E-state index in [1.54, 1.807) is 0 Å². The van der Waals surface area contributed by atoms with Gasteiger partial charge in [-0.3, -0.25) is 14.9 Å². The summed E-state index contributed by atoms with van der Waals surface area (Å²) in [6.07, 6.45) is 1.47. The van der Waals surface area contributed by atoms with Gasteiger partial charge in [-0.2, -0.15) is 0 Å². The quantitative estimate of drug-likeness (QED) is 0.317. The lowest BCUT2D eigenvalue weighted by atomic mass is 10.2. The highest BCUT2D eigenvalue weighted by Crippen LogP contribution is 2.20. The molecule has 0 aliphatic carbocycles. The average Bonchev–Trinajstić information content (AvgIpc) is 2.42. The molecule has 110 valence electrons. The van der Waals surface area contributed by atoms with Crippen molar-refractivity contribution in [2.75, 3.05) is 26.4 Å². The Hall–Kier alpha value is -1.77. The van der Waals surface area contributed by atoms with E-state index in [1.807, 2.05) is 0 Å². The van der Waals surface area contributed by atoms with Gasteiger partial charge in [0.1, 0.15) is 16.9 Å². The second-order valence-corrected chi connectivity index (χ2v) is 4.11. The second-order valence-electron chi connectivity index (χ2n) is 3.73. The number of hydrogen-bond donors (Lipinski definition) is 2. The molecule has 0 atom stereocenters. The number of carbonyl (C=O) groups is 1. The number of nitrogens with zero attached hydrogens (tertiary/aromatic N) is 2. The fraction of sp³-hybridized carbons (Fsp3) is 0.455. The molecule has 0 unspecified atom stereocenters. The van der Waals surface area contributed by atoms with Crippen LogP contribution in [0.2, 0.25) is 5.15 Å². The van der Waals surface area contributed by atoms with Crippen molar-refractivity contribution in [3.8, 4) is 0 Å². The number of carbonyl (C=O) groups excluding carboxylic acids is 1. The molecule has 0 spiro atoms. The molecule has 0 aromatic carbocycles. The molecule has 0 radical (unpaired) electrons. The molecule has 0 aliphatic heterocycles. The van der Waals surface area contributed by atoms with Crippen LogP contribution in [0, 0.1) is 10.1 Å². The van der Waals surface area contributed by atoms with Crippen LogP contribution in [0.25, 0.3) is 0 Å². The molecular weight excluding hydrogens is 290 g/mol. The predicted octanol–water partition coefficient (Wildman–Crippen LogP) is 0.772. The van der Waals surface area contributed by atoms with Crippen LogP contribution in [0.5, 0.6) is 0 Å². The van der Waals surface area contributed by atoms with E-state index in [1.165, 1.54) is 0 Å². The highest BCUT2D eigenvalue weighted by atomic mass is 35.5. The van der Waals surface area contributed by atoms with Crippen LogP contribution >= 0.6 is 11.6 Å². The van der Waals surface area contributed by atoms with E-state index in [0.717, 1.165) is 12.3 Å². The maximum atomic E-state index is 11.8. The lowest BCUT2D eigenvalue weighted by molar-refractivity contribution is -0.385. The van der Waals surface area contributed by atoms with E-state index < -0.39 is 16.5 Å². The molecule has 20 heavy (non-hydrogen) atoms. The summed E-state index contributed by atoms with van der Waals surface area (Å²) in [6.45, 7) is 0.842. The Morgan fingerprint density at radius 1 is 1.55 bits per heavy atom. The molecule has 0 bridgehead atoms. The molecule has 0 aliphatic rings. The minimum atomic E-state index is -0.692. The largest absolute Gasteiger partial charge is 0.394 e. The Kier molecular flexibility index (Phi) is 6.85. The van der Waals surface area contributed by atoms with Crippen LogP contribution in [0.1, 0.15) is 16.8 Å². The third-order valence-electron chi connectivity index (χ3n) is 2.28. The number of aliphatic hydroxyl groups is 1. The van der Waals surface area contributed by atoms with Crippen molar-refractivity contribution < 1.29 is 19.6 Å². The minimum Gasteiger partial charge on any atom is -0.394 e. The number of halogens is 1. The Bertz CT molecular complexity index is 483. The standard InChI is InChI=1S/C11H14ClN3O5/c12-10-6-8(9(7-14-10)15(18)19)11(17)13-2-1-4-20-5-3-16/h6-7,16H,1-5H2,(H,13,17). The Labute approximate surface area is 119 Å². The zero-order valence-corrected chi connectivity index (χ0v) is 11.3. The van der Waals surface area contributed by atoms with Crippen molar-refractivity contribution in [3.05, 3.63) is 33.1 Å². The number of rotatable bonds is 8. The van der Waals surface area contributed by atoms with Gasteiger partial charge in [0.05, 0.1) is 18.1 Å². The van der Waals surface area contributed by atoms with Gasteiger partial charge < -0.3 is 15.2 Å². The lowest BCUT2D eigenvalue weighted by Gasteiger charge is -2.06. The summed E-state index contributed by atoms with van der Waals surface area (Å²) in [5, 5.41) is 21.8. The van der Waals surface area contributed by atoms with Crippen LogP contribution in [-0.2, 0) is 4.74 Å². The van der Waals surface area contributed by atoms with Gasteiger partial charge in [0.2, 0.25) is 0 Å². The zero-order chi connectivity index (χ0) is 15.0. The minimum absolute atomic E-state index is 0.00651. The molecule has 9 heteroatoms. The molecule has 0 saturated heterocycles. The lowest BCUT2D eigenvalue weighted by Crippen LogP contribution is -2.26. The fourth-order valence-corrected chi connectivity index (χ4v) is 1.55. The summed E-state index contributed by atoms with van der Waals surface area (Å²) in [7, 11) is 0. The fourth-order valence-electron chi connectivity index (χ4n) is 1.39. The Balaban J connectivity index is 2.54. The number of aromatic nitrogens is 1. The second kappa shape index (κ2) is 8.41. The number of pyridine rings is 1. The molecule has 0 fully saturated rings. The number of nitrogens with one attached hydrogen (secondary N) is 1. The van der Waals surface area contributed by atoms with Crippen LogP contribution in [-0.4, -0.2) is 47.3 Å². The Morgan fingerprint density at radius 3 is 2.95 bits per heavy atom. The maximum absolute atomic E-state index is 11.8. The summed E-state index contributed by atoms with van der Waals surface area (Å²) in [6, 6.07) is 1.15. The smallest absolute Gasteiger partial charge is 0.300 e. The van der Waals surface area contributed by atoms with Crippen molar-refractivity contribution in [1.82, 2.24) is 10.3 Å². The molecule has 1 aromatic heterocycles. The summed E-state index contributed by atoms with van der Waals surface area (Å²) >= 11 is 5.63. The van der Waals surface area contributed by atoms with E-state index in [4.69, 9.17) is 21.4 Å². The third kappa shape index (κ3) is 5.08. The van der Waals surface area contributed by atoms with Crippen molar-refractivity contribution >= 4 is 23.2 Å². The van der Waals surface area contributed by atoms with Crippen LogP contribution in [0.3, 0.4) is 0 Å². The first kappa shape index (κ1) is 16.3. The topological polar surface area (TPSA) is 115 Å². The van der Waals surface area contributed by atoms with Gasteiger partial charge in [-0.05, 0) is 12.5 Å². The Morgan fingerprint density at radius 2 is 2.30 bits per heavy atom. The van der Waals surface area contributed by atoms with E-state index >= 15 is 0 Å². The van der Waals surface area contributed by atoms with E-state index in [2.05, 4.69) is 10.3 Å². The predicted molar refractivity (Wildman–Crippen MR) is 70.8 cm³/mol. The van der Waals surface area contributed by atoms with Gasteiger partial charge in [0.25, 0.3) is 11.6 Å². The van der Waals surface area contributed by atoms with Gasteiger partial charge in [0.15, 0.2) is 0 Å². The first-order valence-corrected chi connectivity index (χ1v) is 6.20. The van der Waals surface area contributed by atoms with Crippen molar-refractivity contribution in [1.29, 1.82) is 0 Å². The summed E-state index contributed by atoms with van der Waals surface area (Å²) in [4.78, 5) is 25.5. The molecular formula is C11H14ClN3O5. The molecule has 1 heterocycles. The molecule has 1 aromatic rings. The first-order chi connectivity index (χ1) is 9.56. The normalized spacial score (nSPS) is 10.3. The highest BCUT2D eigenvalue weighted by molar-refractivity contribution is 6.29. The molecule has 1 rings (SSSR count). The highest BCUT2D eigenvalue weighted by Gasteiger charge is 2.20. The van der Waals surface area contributed by atoms with E-state index in [9.17, 15) is 14.9 Å². The maximum Gasteiger partial charge on any atom is 0.300 e. The van der Waals surface area contributed by atoms with E-state index in [0.29, 0.717) is 19.6 Å². The molecule has 8 nitrogen and oxygen atoms in total. The van der Waals surface area contributed by atoms with Gasteiger partial charge in [-0.15, -0.1) is 0 Å². The molecule has 1 amide bonds. The summed E-state index contributed by atoms with van der Waals surface area (Å²) in [5.74, 6) is -0.594.